The van der Waals surface area contributed by atoms with Gasteiger partial charge in [-0.1, -0.05) is 44.5 Å². The van der Waals surface area contributed by atoms with Gasteiger partial charge in [0.25, 0.3) is 0 Å². The van der Waals surface area contributed by atoms with Crippen LogP contribution < -0.4 is 5.32 Å². The molecule has 0 saturated heterocycles. The summed E-state index contributed by atoms with van der Waals surface area (Å²) >= 11 is 6.05. The highest BCUT2D eigenvalue weighted by molar-refractivity contribution is 6.30. The van der Waals surface area contributed by atoms with Crippen LogP contribution in [-0.4, -0.2) is 25.8 Å². The molecule has 2 atom stereocenters. The minimum atomic E-state index is 0.0995. The second-order valence-electron chi connectivity index (χ2n) is 5.97. The number of benzene rings is 1. The summed E-state index contributed by atoms with van der Waals surface area (Å²) < 4.78 is 5.97. The van der Waals surface area contributed by atoms with Gasteiger partial charge in [0.2, 0.25) is 0 Å². The maximum Gasteiger partial charge on any atom is 0.0779 e. The fourth-order valence-corrected chi connectivity index (χ4v) is 2.64. The van der Waals surface area contributed by atoms with Crippen molar-refractivity contribution in [3.8, 4) is 0 Å². The topological polar surface area (TPSA) is 21.3 Å². The molecule has 108 valence electrons. The van der Waals surface area contributed by atoms with Crippen LogP contribution in [0, 0.1) is 5.41 Å². The third-order valence-corrected chi connectivity index (χ3v) is 3.52. The number of hydrogen-bond acceptors (Lipinski definition) is 2. The Balaban J connectivity index is 2.86. The first-order valence-corrected chi connectivity index (χ1v) is 7.29. The summed E-state index contributed by atoms with van der Waals surface area (Å²) in [6.45, 7) is 9.43. The molecule has 0 saturated carbocycles. The third kappa shape index (κ3) is 5.13. The highest BCUT2D eigenvalue weighted by atomic mass is 35.5. The summed E-state index contributed by atoms with van der Waals surface area (Å²) in [5, 5.41) is 4.18. The standard InChI is InChI=1S/C16H26ClNO/c1-6-19-15(16(2,3)4)14(18-5)11-12-8-7-9-13(17)10-12/h7-10,14-15,18H,6,11H2,1-5H3. The molecule has 0 spiro atoms. The molecule has 0 heterocycles. The number of ether oxygens (including phenoxy) is 1. The van der Waals surface area contributed by atoms with Gasteiger partial charge in [0.15, 0.2) is 0 Å². The molecule has 0 fully saturated rings. The average molecular weight is 284 g/mol. The molecule has 2 unspecified atom stereocenters. The Labute approximate surface area is 122 Å². The van der Waals surface area contributed by atoms with Crippen LogP contribution in [0.5, 0.6) is 0 Å². The van der Waals surface area contributed by atoms with E-state index in [1.54, 1.807) is 0 Å². The van der Waals surface area contributed by atoms with Crippen LogP contribution >= 0.6 is 11.6 Å². The van der Waals surface area contributed by atoms with E-state index in [9.17, 15) is 0 Å². The van der Waals surface area contributed by atoms with Gasteiger partial charge in [-0.3, -0.25) is 0 Å². The molecule has 1 N–H and O–H groups in total. The highest BCUT2D eigenvalue weighted by Gasteiger charge is 2.32. The van der Waals surface area contributed by atoms with E-state index < -0.39 is 0 Å². The van der Waals surface area contributed by atoms with E-state index in [0.717, 1.165) is 18.1 Å². The van der Waals surface area contributed by atoms with Gasteiger partial charge in [0, 0.05) is 17.7 Å². The van der Waals surface area contributed by atoms with Gasteiger partial charge < -0.3 is 10.1 Å². The Morgan fingerprint density at radius 2 is 2.00 bits per heavy atom. The normalized spacial score (nSPS) is 15.3. The maximum absolute atomic E-state index is 6.05. The van der Waals surface area contributed by atoms with Crippen molar-refractivity contribution in [1.29, 1.82) is 0 Å². The summed E-state index contributed by atoms with van der Waals surface area (Å²) in [7, 11) is 1.99. The minimum Gasteiger partial charge on any atom is -0.376 e. The largest absolute Gasteiger partial charge is 0.376 e. The fourth-order valence-electron chi connectivity index (χ4n) is 2.43. The zero-order chi connectivity index (χ0) is 14.5. The monoisotopic (exact) mass is 283 g/mol. The van der Waals surface area contributed by atoms with Crippen LogP contribution in [0.3, 0.4) is 0 Å². The van der Waals surface area contributed by atoms with Crippen LogP contribution in [0.4, 0.5) is 0 Å². The first kappa shape index (κ1) is 16.5. The van der Waals surface area contributed by atoms with Crippen molar-refractivity contribution >= 4 is 11.6 Å². The van der Waals surface area contributed by atoms with Crippen LogP contribution in [0.25, 0.3) is 0 Å². The number of likely N-dealkylation sites (N-methyl/N-ethyl adjacent to an activating group) is 1. The van der Waals surface area contributed by atoms with Crippen molar-refractivity contribution in [2.45, 2.75) is 46.3 Å². The lowest BCUT2D eigenvalue weighted by molar-refractivity contribution is -0.0340. The number of halogens is 1. The van der Waals surface area contributed by atoms with Crippen molar-refractivity contribution in [1.82, 2.24) is 5.32 Å². The van der Waals surface area contributed by atoms with Crippen LogP contribution in [-0.2, 0) is 11.2 Å². The molecule has 0 aliphatic heterocycles. The fraction of sp³-hybridized carbons (Fsp3) is 0.625. The first-order valence-electron chi connectivity index (χ1n) is 6.91. The lowest BCUT2D eigenvalue weighted by Gasteiger charge is -2.36. The maximum atomic E-state index is 6.05. The third-order valence-electron chi connectivity index (χ3n) is 3.28. The van der Waals surface area contributed by atoms with Crippen molar-refractivity contribution in [3.63, 3.8) is 0 Å². The van der Waals surface area contributed by atoms with E-state index in [-0.39, 0.29) is 17.6 Å². The van der Waals surface area contributed by atoms with E-state index in [4.69, 9.17) is 16.3 Å². The van der Waals surface area contributed by atoms with Crippen molar-refractivity contribution in [2.24, 2.45) is 5.41 Å². The number of hydrogen-bond donors (Lipinski definition) is 1. The average Bonchev–Trinajstić information content (AvgIpc) is 2.32. The predicted octanol–water partition coefficient (Wildman–Crippen LogP) is 3.92. The minimum absolute atomic E-state index is 0.0995. The van der Waals surface area contributed by atoms with E-state index in [1.807, 2.05) is 32.2 Å². The van der Waals surface area contributed by atoms with Crippen LogP contribution in [0.1, 0.15) is 33.3 Å². The molecule has 1 aromatic carbocycles. The SMILES string of the molecule is CCOC(C(Cc1cccc(Cl)c1)NC)C(C)(C)C. The molecule has 0 aliphatic rings. The van der Waals surface area contributed by atoms with E-state index in [1.165, 1.54) is 5.56 Å². The van der Waals surface area contributed by atoms with Gasteiger partial charge >= 0.3 is 0 Å². The molecule has 19 heavy (non-hydrogen) atoms. The van der Waals surface area contributed by atoms with E-state index >= 15 is 0 Å². The molecule has 1 aromatic rings. The Bertz CT molecular complexity index is 387. The molecule has 0 aromatic heterocycles. The second-order valence-corrected chi connectivity index (χ2v) is 6.41. The van der Waals surface area contributed by atoms with Gasteiger partial charge in [-0.25, -0.2) is 0 Å². The summed E-state index contributed by atoms with van der Waals surface area (Å²) in [5.41, 5.74) is 1.34. The van der Waals surface area contributed by atoms with Crippen molar-refractivity contribution in [3.05, 3.63) is 34.9 Å². The molecule has 0 amide bonds. The summed E-state index contributed by atoms with van der Waals surface area (Å²) in [5.74, 6) is 0. The molecule has 0 bridgehead atoms. The van der Waals surface area contributed by atoms with Crippen LogP contribution in [0.2, 0.25) is 5.02 Å². The molecule has 0 radical (unpaired) electrons. The van der Waals surface area contributed by atoms with Crippen molar-refractivity contribution < 1.29 is 4.74 Å². The van der Waals surface area contributed by atoms with Gasteiger partial charge in [-0.15, -0.1) is 0 Å². The molecule has 0 aliphatic carbocycles. The second kappa shape index (κ2) is 7.28. The number of rotatable bonds is 6. The molecular formula is C16H26ClNO. The smallest absolute Gasteiger partial charge is 0.0779 e. The van der Waals surface area contributed by atoms with E-state index in [0.29, 0.717) is 0 Å². The Morgan fingerprint density at radius 1 is 1.32 bits per heavy atom. The molecule has 3 heteroatoms. The van der Waals surface area contributed by atoms with Gasteiger partial charge in [-0.2, -0.15) is 0 Å². The zero-order valence-electron chi connectivity index (χ0n) is 12.7. The predicted molar refractivity (Wildman–Crippen MR) is 82.9 cm³/mol. The summed E-state index contributed by atoms with van der Waals surface area (Å²) in [6, 6.07) is 8.32. The lowest BCUT2D eigenvalue weighted by Crippen LogP contribution is -2.48. The lowest BCUT2D eigenvalue weighted by atomic mass is 9.82. The molecular weight excluding hydrogens is 258 g/mol. The van der Waals surface area contributed by atoms with Crippen LogP contribution in [0.15, 0.2) is 24.3 Å². The Hall–Kier alpha value is -0.570. The first-order chi connectivity index (χ1) is 8.88. The summed E-state index contributed by atoms with van der Waals surface area (Å²) in [6.07, 6.45) is 1.08. The number of nitrogens with one attached hydrogen (secondary N) is 1. The van der Waals surface area contributed by atoms with Crippen molar-refractivity contribution in [2.75, 3.05) is 13.7 Å². The Kier molecular flexibility index (Phi) is 6.31. The highest BCUT2D eigenvalue weighted by Crippen LogP contribution is 2.27. The summed E-state index contributed by atoms with van der Waals surface area (Å²) in [4.78, 5) is 0. The molecule has 2 nitrogen and oxygen atoms in total. The van der Waals surface area contributed by atoms with E-state index in [2.05, 4.69) is 32.2 Å². The quantitative estimate of drug-likeness (QED) is 0.854. The Morgan fingerprint density at radius 3 is 2.47 bits per heavy atom. The van der Waals surface area contributed by atoms with Gasteiger partial charge in [0.1, 0.15) is 0 Å². The zero-order valence-corrected chi connectivity index (χ0v) is 13.4. The molecule has 1 rings (SSSR count). The van der Waals surface area contributed by atoms with Gasteiger partial charge in [0.05, 0.1) is 6.10 Å². The van der Waals surface area contributed by atoms with Gasteiger partial charge in [-0.05, 0) is 43.5 Å².